The lowest BCUT2D eigenvalue weighted by molar-refractivity contribution is -0.0737. The zero-order valence-corrected chi connectivity index (χ0v) is 22.3. The third kappa shape index (κ3) is 5.19. The molecule has 8 nitrogen and oxygen atoms in total. The Labute approximate surface area is 225 Å². The van der Waals surface area contributed by atoms with Crippen LogP contribution in [0.1, 0.15) is 68.9 Å². The number of aromatic nitrogens is 2. The quantitative estimate of drug-likeness (QED) is 0.386. The number of nitriles is 1. The Kier molecular flexibility index (Phi) is 7.15. The number of hydrogen-bond donors (Lipinski definition) is 4. The summed E-state index contributed by atoms with van der Waals surface area (Å²) < 4.78 is 5.45. The van der Waals surface area contributed by atoms with E-state index >= 15 is 0 Å². The molecule has 5 aliphatic carbocycles. The molecule has 1 aromatic heterocycles. The number of anilines is 2. The number of rotatable bonds is 9. The minimum Gasteiger partial charge on any atom is -0.496 e. The summed E-state index contributed by atoms with van der Waals surface area (Å²) in [6.45, 7) is 1.40. The number of aliphatic hydroxyl groups is 1. The van der Waals surface area contributed by atoms with Crippen molar-refractivity contribution in [3.8, 4) is 11.8 Å². The fraction of sp³-hybridized carbons (Fsp3) is 0.633. The number of methoxy groups -OCH3 is 1. The number of nitrogens with zero attached hydrogens (tertiary/aromatic N) is 3. The van der Waals surface area contributed by atoms with Gasteiger partial charge in [-0.25, -0.2) is 4.98 Å². The molecule has 4 bridgehead atoms. The summed E-state index contributed by atoms with van der Waals surface area (Å²) in [4.78, 5) is 9.08. The van der Waals surface area contributed by atoms with Gasteiger partial charge in [-0.3, -0.25) is 0 Å². The SMILES string of the molecule is COc1ccccc1CNc1ncc(C#N)c(NC[C@@]23CC4C[C@H](C2)[C@@H](NC2CCC(O)CC2)[C@@H](C4)C3)n1. The van der Waals surface area contributed by atoms with Crippen LogP contribution in [0.5, 0.6) is 5.75 Å². The molecule has 0 saturated heterocycles. The van der Waals surface area contributed by atoms with Crippen LogP contribution in [0.4, 0.5) is 11.8 Å². The van der Waals surface area contributed by atoms with Gasteiger partial charge in [0.05, 0.1) is 19.4 Å². The van der Waals surface area contributed by atoms with Crippen molar-refractivity contribution in [1.29, 1.82) is 5.26 Å². The van der Waals surface area contributed by atoms with E-state index in [1.807, 2.05) is 24.3 Å². The van der Waals surface area contributed by atoms with E-state index in [0.29, 0.717) is 36.0 Å². The van der Waals surface area contributed by atoms with Crippen molar-refractivity contribution in [3.05, 3.63) is 41.6 Å². The molecule has 5 saturated carbocycles. The van der Waals surface area contributed by atoms with E-state index in [9.17, 15) is 10.4 Å². The lowest BCUT2D eigenvalue weighted by Crippen LogP contribution is -2.61. The van der Waals surface area contributed by atoms with E-state index in [1.54, 1.807) is 13.3 Å². The predicted octanol–water partition coefficient (Wildman–Crippen LogP) is 4.47. The van der Waals surface area contributed by atoms with Crippen LogP contribution >= 0.6 is 0 Å². The van der Waals surface area contributed by atoms with E-state index in [2.05, 4.69) is 27.0 Å². The molecular formula is C30H40N6O2. The minimum absolute atomic E-state index is 0.0992. The van der Waals surface area contributed by atoms with Crippen LogP contribution in [0, 0.1) is 34.5 Å². The molecule has 0 spiro atoms. The Morgan fingerprint density at radius 3 is 2.58 bits per heavy atom. The number of para-hydroxylation sites is 1. The summed E-state index contributed by atoms with van der Waals surface area (Å²) in [7, 11) is 1.67. The Hall–Kier alpha value is -2.89. The van der Waals surface area contributed by atoms with E-state index in [-0.39, 0.29) is 11.5 Å². The number of ether oxygens (including phenoxy) is 1. The van der Waals surface area contributed by atoms with Crippen molar-refractivity contribution in [2.24, 2.45) is 23.2 Å². The van der Waals surface area contributed by atoms with Crippen LogP contribution in [0.25, 0.3) is 0 Å². The fourth-order valence-electron chi connectivity index (χ4n) is 8.17. The summed E-state index contributed by atoms with van der Waals surface area (Å²) >= 11 is 0. The van der Waals surface area contributed by atoms with Crippen LogP contribution in [0.15, 0.2) is 30.5 Å². The highest BCUT2D eigenvalue weighted by molar-refractivity contribution is 5.53. The smallest absolute Gasteiger partial charge is 0.224 e. The monoisotopic (exact) mass is 516 g/mol. The van der Waals surface area contributed by atoms with Crippen LogP contribution in [-0.4, -0.2) is 46.9 Å². The molecule has 38 heavy (non-hydrogen) atoms. The van der Waals surface area contributed by atoms with E-state index in [0.717, 1.165) is 61.3 Å². The van der Waals surface area contributed by atoms with Gasteiger partial charge in [-0.2, -0.15) is 10.2 Å². The van der Waals surface area contributed by atoms with Crippen molar-refractivity contribution >= 4 is 11.8 Å². The molecule has 1 unspecified atom stereocenters. The summed E-state index contributed by atoms with van der Waals surface area (Å²) in [6, 6.07) is 11.3. The van der Waals surface area contributed by atoms with Gasteiger partial charge >= 0.3 is 0 Å². The first kappa shape index (κ1) is 25.4. The van der Waals surface area contributed by atoms with Gasteiger partial charge in [0, 0.05) is 30.7 Å². The lowest BCUT2D eigenvalue weighted by Gasteiger charge is -2.61. The topological polar surface area (TPSA) is 115 Å². The molecule has 0 aliphatic heterocycles. The maximum absolute atomic E-state index is 9.91. The molecule has 4 N–H and O–H groups in total. The lowest BCUT2D eigenvalue weighted by atomic mass is 9.47. The number of aliphatic hydroxyl groups excluding tert-OH is 1. The molecule has 1 aromatic carbocycles. The van der Waals surface area contributed by atoms with E-state index in [4.69, 9.17) is 9.72 Å². The summed E-state index contributed by atoms with van der Waals surface area (Å²) in [6.07, 6.45) is 12.0. The second-order valence-corrected chi connectivity index (χ2v) is 12.3. The maximum atomic E-state index is 9.91. The van der Waals surface area contributed by atoms with Gasteiger partial charge < -0.3 is 25.8 Å². The second-order valence-electron chi connectivity index (χ2n) is 12.3. The molecule has 5 atom stereocenters. The van der Waals surface area contributed by atoms with Crippen LogP contribution < -0.4 is 20.7 Å². The average Bonchev–Trinajstić information content (AvgIpc) is 2.93. The van der Waals surface area contributed by atoms with E-state index < -0.39 is 0 Å². The van der Waals surface area contributed by atoms with Gasteiger partial charge in [-0.1, -0.05) is 18.2 Å². The molecule has 5 aliphatic rings. The first-order chi connectivity index (χ1) is 18.5. The van der Waals surface area contributed by atoms with Crippen LogP contribution in [0.2, 0.25) is 0 Å². The number of hydrogen-bond acceptors (Lipinski definition) is 8. The normalized spacial score (nSPS) is 33.5. The van der Waals surface area contributed by atoms with Crippen molar-refractivity contribution in [2.75, 3.05) is 24.3 Å². The van der Waals surface area contributed by atoms with Crippen molar-refractivity contribution in [1.82, 2.24) is 15.3 Å². The minimum atomic E-state index is -0.0992. The summed E-state index contributed by atoms with van der Waals surface area (Å²) in [5.74, 6) is 4.23. The summed E-state index contributed by atoms with van der Waals surface area (Å²) in [5, 5.41) is 30.6. The molecule has 202 valence electrons. The zero-order valence-electron chi connectivity index (χ0n) is 22.3. The van der Waals surface area contributed by atoms with Gasteiger partial charge in [0.25, 0.3) is 0 Å². The van der Waals surface area contributed by atoms with Crippen LogP contribution in [-0.2, 0) is 6.54 Å². The number of nitrogens with one attached hydrogen (secondary N) is 3. The Morgan fingerprint density at radius 1 is 1.08 bits per heavy atom. The maximum Gasteiger partial charge on any atom is 0.224 e. The highest BCUT2D eigenvalue weighted by Gasteiger charge is 2.55. The van der Waals surface area contributed by atoms with Crippen molar-refractivity contribution in [3.63, 3.8) is 0 Å². The molecular weight excluding hydrogens is 476 g/mol. The molecule has 1 heterocycles. The second kappa shape index (κ2) is 10.7. The molecule has 0 amide bonds. The Bertz CT molecular complexity index is 1160. The molecule has 2 aromatic rings. The van der Waals surface area contributed by atoms with Gasteiger partial charge in [0.2, 0.25) is 5.95 Å². The standard InChI is InChI=1S/C30H40N6O2/c1-38-26-5-3-2-4-20(26)16-32-29-33-17-23(15-31)28(36-29)34-18-30-12-19-10-21(13-30)27(22(11-19)14-30)35-24-6-8-25(37)9-7-24/h2-5,17,19,21-22,24-25,27,35,37H,6-14,16,18H2,1H3,(H2,32,33,34,36)/t19?,21-,22+,24?,25?,27-,30+. The van der Waals surface area contributed by atoms with Crippen molar-refractivity contribution < 1.29 is 9.84 Å². The largest absolute Gasteiger partial charge is 0.496 e. The highest BCUT2D eigenvalue weighted by Crippen LogP contribution is 2.60. The zero-order chi connectivity index (χ0) is 26.1. The fourth-order valence-corrected chi connectivity index (χ4v) is 8.17. The first-order valence-electron chi connectivity index (χ1n) is 14.3. The van der Waals surface area contributed by atoms with Crippen molar-refractivity contribution in [2.45, 2.75) is 82.5 Å². The number of benzene rings is 1. The first-order valence-corrected chi connectivity index (χ1v) is 14.3. The van der Waals surface area contributed by atoms with Gasteiger partial charge in [-0.15, -0.1) is 0 Å². The molecule has 0 radical (unpaired) electrons. The van der Waals surface area contributed by atoms with Gasteiger partial charge in [-0.05, 0) is 87.0 Å². The molecule has 8 heteroatoms. The Morgan fingerprint density at radius 2 is 1.84 bits per heavy atom. The third-order valence-electron chi connectivity index (χ3n) is 9.69. The average molecular weight is 517 g/mol. The third-order valence-corrected chi connectivity index (χ3v) is 9.69. The van der Waals surface area contributed by atoms with Gasteiger partial charge in [0.15, 0.2) is 0 Å². The summed E-state index contributed by atoms with van der Waals surface area (Å²) in [5.41, 5.74) is 1.79. The predicted molar refractivity (Wildman–Crippen MR) is 147 cm³/mol. The molecule has 7 rings (SSSR count). The van der Waals surface area contributed by atoms with Gasteiger partial charge in [0.1, 0.15) is 23.2 Å². The van der Waals surface area contributed by atoms with E-state index in [1.165, 1.54) is 32.1 Å². The van der Waals surface area contributed by atoms with Crippen LogP contribution in [0.3, 0.4) is 0 Å². The molecule has 5 fully saturated rings. The Balaban J connectivity index is 1.10. The highest BCUT2D eigenvalue weighted by atomic mass is 16.5.